The molecule has 0 saturated heterocycles. The number of thioether (sulfide) groups is 1. The molecule has 0 aliphatic heterocycles. The summed E-state index contributed by atoms with van der Waals surface area (Å²) in [5.41, 5.74) is 0.877. The predicted molar refractivity (Wildman–Crippen MR) is 104 cm³/mol. The Labute approximate surface area is 167 Å². The number of aryl methyl sites for hydroxylation is 3. The molecule has 1 N–H and O–H groups in total. The smallest absolute Gasteiger partial charge is 0.234 e. The molecule has 0 radical (unpaired) electrons. The minimum Gasteiger partial charge on any atom is -0.323 e. The zero-order valence-corrected chi connectivity index (χ0v) is 16.6. The van der Waals surface area contributed by atoms with Gasteiger partial charge < -0.3 is 5.32 Å². The molecule has 1 amide bonds. The summed E-state index contributed by atoms with van der Waals surface area (Å²) in [6, 6.07) is 1.77. The molecule has 0 saturated carbocycles. The lowest BCUT2D eigenvalue weighted by molar-refractivity contribution is -0.113. The summed E-state index contributed by atoms with van der Waals surface area (Å²) in [6.45, 7) is 1.80. The van der Waals surface area contributed by atoms with Gasteiger partial charge in [-0.3, -0.25) is 4.79 Å². The molecule has 0 fully saturated rings. The summed E-state index contributed by atoms with van der Waals surface area (Å²) in [7, 11) is 0. The Morgan fingerprint density at radius 3 is 2.79 bits per heavy atom. The molecule has 9 heteroatoms. The van der Waals surface area contributed by atoms with Crippen LogP contribution in [0.1, 0.15) is 29.1 Å². The first-order valence-electron chi connectivity index (χ1n) is 8.79. The van der Waals surface area contributed by atoms with Crippen molar-refractivity contribution in [2.45, 2.75) is 37.6 Å². The number of anilines is 1. The van der Waals surface area contributed by atoms with Crippen molar-refractivity contribution in [2.24, 2.45) is 0 Å². The first-order valence-corrected chi connectivity index (χ1v) is 10.6. The van der Waals surface area contributed by atoms with Crippen molar-refractivity contribution in [1.82, 2.24) is 9.97 Å². The second kappa shape index (κ2) is 7.71. The van der Waals surface area contributed by atoms with Crippen LogP contribution in [0.4, 0.5) is 18.9 Å². The average molecular weight is 423 g/mol. The lowest BCUT2D eigenvalue weighted by Crippen LogP contribution is -2.16. The van der Waals surface area contributed by atoms with E-state index in [1.165, 1.54) is 22.2 Å². The fraction of sp³-hybridized carbons (Fsp3) is 0.316. The van der Waals surface area contributed by atoms with E-state index in [1.807, 2.05) is 0 Å². The molecule has 28 heavy (non-hydrogen) atoms. The Bertz CT molecular complexity index is 1080. The molecule has 3 aromatic rings. The Morgan fingerprint density at radius 1 is 1.18 bits per heavy atom. The van der Waals surface area contributed by atoms with E-state index in [-0.39, 0.29) is 11.4 Å². The first-order chi connectivity index (χ1) is 13.4. The van der Waals surface area contributed by atoms with Gasteiger partial charge >= 0.3 is 0 Å². The van der Waals surface area contributed by atoms with Crippen LogP contribution in [0.2, 0.25) is 0 Å². The second-order valence-corrected chi connectivity index (χ2v) is 8.57. The van der Waals surface area contributed by atoms with E-state index in [2.05, 4.69) is 15.3 Å². The standard InChI is InChI=1S/C19H16F3N3OS2/c1-9-23-18(15-10-4-2-3-5-13(10)28-19(15)24-9)27-8-14(26)25-12-7-6-11(20)16(21)17(12)22/h6-7H,2-5,8H2,1H3,(H,25,26). The molecule has 4 rings (SSSR count). The first kappa shape index (κ1) is 19.2. The van der Waals surface area contributed by atoms with Crippen LogP contribution in [0.3, 0.4) is 0 Å². The molecule has 2 heterocycles. The molecule has 1 aliphatic carbocycles. The Hall–Kier alpha value is -2.13. The number of carbonyl (C=O) groups is 1. The van der Waals surface area contributed by atoms with Crippen LogP contribution >= 0.6 is 23.1 Å². The number of carbonyl (C=O) groups excluding carboxylic acids is 1. The third kappa shape index (κ3) is 3.60. The summed E-state index contributed by atoms with van der Waals surface area (Å²) < 4.78 is 40.1. The van der Waals surface area contributed by atoms with E-state index in [1.54, 1.807) is 18.3 Å². The molecular formula is C19H16F3N3OS2. The SMILES string of the molecule is Cc1nc(SCC(=O)Nc2ccc(F)c(F)c2F)c2c3c(sc2n1)CCCC3. The highest BCUT2D eigenvalue weighted by Crippen LogP contribution is 2.39. The van der Waals surface area contributed by atoms with Crippen molar-refractivity contribution >= 4 is 44.9 Å². The highest BCUT2D eigenvalue weighted by molar-refractivity contribution is 8.00. The summed E-state index contributed by atoms with van der Waals surface area (Å²) >= 11 is 2.91. The largest absolute Gasteiger partial charge is 0.323 e. The minimum atomic E-state index is -1.61. The topological polar surface area (TPSA) is 54.9 Å². The minimum absolute atomic E-state index is 0.0331. The van der Waals surface area contributed by atoms with Gasteiger partial charge in [0, 0.05) is 10.3 Å². The third-order valence-electron chi connectivity index (χ3n) is 4.54. The van der Waals surface area contributed by atoms with Crippen LogP contribution in [-0.4, -0.2) is 21.6 Å². The molecule has 0 atom stereocenters. The molecule has 0 bridgehead atoms. The van der Waals surface area contributed by atoms with Gasteiger partial charge in [-0.05, 0) is 50.3 Å². The van der Waals surface area contributed by atoms with Crippen molar-refractivity contribution in [1.29, 1.82) is 0 Å². The van der Waals surface area contributed by atoms with Gasteiger partial charge in [-0.15, -0.1) is 11.3 Å². The van der Waals surface area contributed by atoms with Crippen molar-refractivity contribution in [2.75, 3.05) is 11.1 Å². The third-order valence-corrected chi connectivity index (χ3v) is 6.70. The maximum atomic E-state index is 13.7. The van der Waals surface area contributed by atoms with Crippen LogP contribution in [-0.2, 0) is 17.6 Å². The van der Waals surface area contributed by atoms with Crippen LogP contribution in [0.15, 0.2) is 17.2 Å². The molecule has 1 aromatic carbocycles. The number of thiophene rings is 1. The zero-order chi connectivity index (χ0) is 19.8. The second-order valence-electron chi connectivity index (χ2n) is 6.53. The zero-order valence-electron chi connectivity index (χ0n) is 14.9. The number of halogens is 3. The molecular weight excluding hydrogens is 407 g/mol. The lowest BCUT2D eigenvalue weighted by Gasteiger charge is -2.12. The van der Waals surface area contributed by atoms with E-state index in [0.29, 0.717) is 5.82 Å². The van der Waals surface area contributed by atoms with Gasteiger partial charge in [0.15, 0.2) is 17.5 Å². The van der Waals surface area contributed by atoms with Gasteiger partial charge in [-0.2, -0.15) is 0 Å². The maximum absolute atomic E-state index is 13.7. The Morgan fingerprint density at radius 2 is 1.96 bits per heavy atom. The number of rotatable bonds is 4. The molecule has 4 nitrogen and oxygen atoms in total. The van der Waals surface area contributed by atoms with E-state index < -0.39 is 23.4 Å². The van der Waals surface area contributed by atoms with Gasteiger partial charge in [-0.1, -0.05) is 11.8 Å². The number of hydrogen-bond donors (Lipinski definition) is 1. The summed E-state index contributed by atoms with van der Waals surface area (Å²) in [5.74, 6) is -4.25. The van der Waals surface area contributed by atoms with Crippen molar-refractivity contribution in [3.8, 4) is 0 Å². The predicted octanol–water partition coefficient (Wildman–Crippen LogP) is 5.03. The van der Waals surface area contributed by atoms with Crippen molar-refractivity contribution < 1.29 is 18.0 Å². The van der Waals surface area contributed by atoms with Crippen molar-refractivity contribution in [3.63, 3.8) is 0 Å². The Kier molecular flexibility index (Phi) is 5.29. The summed E-state index contributed by atoms with van der Waals surface area (Å²) in [4.78, 5) is 23.5. The van der Waals surface area contributed by atoms with E-state index >= 15 is 0 Å². The Balaban J connectivity index is 1.55. The number of aromatic nitrogens is 2. The van der Waals surface area contributed by atoms with E-state index in [9.17, 15) is 18.0 Å². The molecule has 2 aromatic heterocycles. The van der Waals surface area contributed by atoms with Gasteiger partial charge in [-0.25, -0.2) is 23.1 Å². The van der Waals surface area contributed by atoms with Crippen molar-refractivity contribution in [3.05, 3.63) is 45.8 Å². The van der Waals surface area contributed by atoms with Gasteiger partial charge in [0.1, 0.15) is 15.7 Å². The monoisotopic (exact) mass is 423 g/mol. The van der Waals surface area contributed by atoms with E-state index in [0.717, 1.165) is 53.1 Å². The number of nitrogens with zero attached hydrogens (tertiary/aromatic N) is 2. The quantitative estimate of drug-likeness (QED) is 0.363. The number of nitrogens with one attached hydrogen (secondary N) is 1. The van der Waals surface area contributed by atoms with Gasteiger partial charge in [0.05, 0.1) is 11.4 Å². The van der Waals surface area contributed by atoms with Gasteiger partial charge in [0.2, 0.25) is 5.91 Å². The molecule has 0 unspecified atom stereocenters. The average Bonchev–Trinajstić information content (AvgIpc) is 3.04. The number of hydrogen-bond acceptors (Lipinski definition) is 5. The molecule has 0 spiro atoms. The molecule has 1 aliphatic rings. The highest BCUT2D eigenvalue weighted by atomic mass is 32.2. The fourth-order valence-corrected chi connectivity index (χ4v) is 5.54. The van der Waals surface area contributed by atoms with Gasteiger partial charge in [0.25, 0.3) is 0 Å². The number of amides is 1. The van der Waals surface area contributed by atoms with E-state index in [4.69, 9.17) is 0 Å². The van der Waals surface area contributed by atoms with Crippen LogP contribution in [0.25, 0.3) is 10.2 Å². The molecule has 146 valence electrons. The normalized spacial score (nSPS) is 13.6. The van der Waals surface area contributed by atoms with Crippen LogP contribution < -0.4 is 5.32 Å². The number of benzene rings is 1. The van der Waals surface area contributed by atoms with Crippen LogP contribution in [0.5, 0.6) is 0 Å². The maximum Gasteiger partial charge on any atom is 0.234 e. The summed E-state index contributed by atoms with van der Waals surface area (Å²) in [6.07, 6.45) is 4.29. The lowest BCUT2D eigenvalue weighted by atomic mass is 9.97. The van der Waals surface area contributed by atoms with Crippen LogP contribution in [0, 0.1) is 24.4 Å². The summed E-state index contributed by atoms with van der Waals surface area (Å²) in [5, 5.41) is 4.01. The fourth-order valence-electron chi connectivity index (χ4n) is 3.27. The number of fused-ring (bicyclic) bond motifs is 3. The highest BCUT2D eigenvalue weighted by Gasteiger charge is 2.22.